The molecule has 1 amide bonds. The Morgan fingerprint density at radius 2 is 2.06 bits per heavy atom. The van der Waals surface area contributed by atoms with Gasteiger partial charge in [0, 0.05) is 13.1 Å². The van der Waals surface area contributed by atoms with Gasteiger partial charge in [-0.15, -0.1) is 0 Å². The minimum absolute atomic E-state index is 0.171. The van der Waals surface area contributed by atoms with E-state index in [4.69, 9.17) is 5.73 Å². The summed E-state index contributed by atoms with van der Waals surface area (Å²) in [5, 5.41) is 2.75. The predicted octanol–water partition coefficient (Wildman–Crippen LogP) is 1.60. The van der Waals surface area contributed by atoms with Gasteiger partial charge >= 0.3 is 0 Å². The van der Waals surface area contributed by atoms with Crippen molar-refractivity contribution in [3.8, 4) is 0 Å². The van der Waals surface area contributed by atoms with Gasteiger partial charge in [0.05, 0.1) is 17.9 Å². The molecule has 0 bridgehead atoms. The summed E-state index contributed by atoms with van der Waals surface area (Å²) in [4.78, 5) is 18.1. The van der Waals surface area contributed by atoms with Crippen LogP contribution in [0.4, 0.5) is 11.5 Å². The largest absolute Gasteiger partial charge is 0.357 e. The number of carbonyl (C=O) groups is 1. The van der Waals surface area contributed by atoms with E-state index in [2.05, 4.69) is 29.0 Å². The summed E-state index contributed by atoms with van der Waals surface area (Å²) in [5.74, 6) is 0.743. The molecular weight excluding hydrogens is 228 g/mol. The Hall–Kier alpha value is -1.62. The maximum Gasteiger partial charge on any atom is 0.241 e. The Labute approximate surface area is 108 Å². The Morgan fingerprint density at radius 1 is 1.39 bits per heavy atom. The van der Waals surface area contributed by atoms with Crippen LogP contribution in [0.25, 0.3) is 0 Å². The third-order valence-corrected chi connectivity index (χ3v) is 2.88. The molecule has 1 aromatic heterocycles. The number of nitrogens with two attached hydrogens (primary N) is 1. The topological polar surface area (TPSA) is 71.2 Å². The highest BCUT2D eigenvalue weighted by atomic mass is 16.2. The zero-order valence-electron chi connectivity index (χ0n) is 11.3. The molecule has 100 valence electrons. The van der Waals surface area contributed by atoms with Gasteiger partial charge in [-0.1, -0.05) is 6.92 Å². The molecule has 0 saturated heterocycles. The van der Waals surface area contributed by atoms with E-state index in [9.17, 15) is 4.79 Å². The molecule has 0 fully saturated rings. The fraction of sp³-hybridized carbons (Fsp3) is 0.538. The average molecular weight is 250 g/mol. The fourth-order valence-electron chi connectivity index (χ4n) is 1.62. The SMILES string of the molecule is CC[C@H](N)C(=O)Nc1ccc(N(CC)CC)nc1. The lowest BCUT2D eigenvalue weighted by atomic mass is 10.2. The van der Waals surface area contributed by atoms with Gasteiger partial charge in [-0.05, 0) is 32.4 Å². The van der Waals surface area contributed by atoms with Crippen LogP contribution in [0.1, 0.15) is 27.2 Å². The van der Waals surface area contributed by atoms with E-state index in [1.54, 1.807) is 6.20 Å². The highest BCUT2D eigenvalue weighted by Crippen LogP contribution is 2.14. The zero-order chi connectivity index (χ0) is 13.5. The van der Waals surface area contributed by atoms with E-state index in [0.717, 1.165) is 18.9 Å². The number of pyridine rings is 1. The molecule has 0 saturated carbocycles. The van der Waals surface area contributed by atoms with Crippen molar-refractivity contribution in [3.63, 3.8) is 0 Å². The second kappa shape index (κ2) is 6.96. The standard InChI is InChI=1S/C13H22N4O/c1-4-11(14)13(18)16-10-7-8-12(15-9-10)17(5-2)6-3/h7-9,11H,4-6,14H2,1-3H3,(H,16,18)/t11-/m0/s1. The minimum atomic E-state index is -0.465. The summed E-state index contributed by atoms with van der Waals surface area (Å²) in [6.07, 6.45) is 2.28. The summed E-state index contributed by atoms with van der Waals surface area (Å²) in [6, 6.07) is 3.29. The van der Waals surface area contributed by atoms with Gasteiger partial charge in [-0.3, -0.25) is 4.79 Å². The normalized spacial score (nSPS) is 12.0. The van der Waals surface area contributed by atoms with Gasteiger partial charge in [0.15, 0.2) is 0 Å². The maximum atomic E-state index is 11.6. The first-order valence-corrected chi connectivity index (χ1v) is 6.39. The number of nitrogens with zero attached hydrogens (tertiary/aromatic N) is 2. The van der Waals surface area contributed by atoms with E-state index in [0.29, 0.717) is 12.1 Å². The Bertz CT molecular complexity index is 373. The third kappa shape index (κ3) is 3.70. The first kappa shape index (κ1) is 14.4. The fourth-order valence-corrected chi connectivity index (χ4v) is 1.62. The van der Waals surface area contributed by atoms with Crippen LogP contribution in [-0.4, -0.2) is 30.0 Å². The molecule has 0 unspecified atom stereocenters. The molecule has 0 aliphatic heterocycles. The minimum Gasteiger partial charge on any atom is -0.357 e. The molecule has 0 radical (unpaired) electrons. The molecular formula is C13H22N4O. The number of nitrogens with one attached hydrogen (secondary N) is 1. The first-order valence-electron chi connectivity index (χ1n) is 6.39. The van der Waals surface area contributed by atoms with E-state index < -0.39 is 6.04 Å². The van der Waals surface area contributed by atoms with Gasteiger partial charge < -0.3 is 16.0 Å². The van der Waals surface area contributed by atoms with E-state index in [-0.39, 0.29) is 5.91 Å². The van der Waals surface area contributed by atoms with Crippen LogP contribution >= 0.6 is 0 Å². The Balaban J connectivity index is 2.68. The highest BCUT2D eigenvalue weighted by Gasteiger charge is 2.11. The number of aromatic nitrogens is 1. The lowest BCUT2D eigenvalue weighted by Crippen LogP contribution is -2.34. The summed E-state index contributed by atoms with van der Waals surface area (Å²) in [5.41, 5.74) is 6.33. The molecule has 1 aromatic rings. The number of rotatable bonds is 6. The Kier molecular flexibility index (Phi) is 5.58. The summed E-state index contributed by atoms with van der Waals surface area (Å²) in [6.45, 7) is 7.88. The van der Waals surface area contributed by atoms with E-state index in [1.807, 2.05) is 19.1 Å². The van der Waals surface area contributed by atoms with Gasteiger partial charge in [-0.25, -0.2) is 4.98 Å². The zero-order valence-corrected chi connectivity index (χ0v) is 11.3. The van der Waals surface area contributed by atoms with Crippen LogP contribution in [0.3, 0.4) is 0 Å². The number of amides is 1. The molecule has 1 heterocycles. The van der Waals surface area contributed by atoms with Crippen molar-refractivity contribution in [2.75, 3.05) is 23.3 Å². The molecule has 5 nitrogen and oxygen atoms in total. The first-order chi connectivity index (χ1) is 8.62. The van der Waals surface area contributed by atoms with Crippen molar-refractivity contribution < 1.29 is 4.79 Å². The second-order valence-electron chi connectivity index (χ2n) is 4.08. The summed E-state index contributed by atoms with van der Waals surface area (Å²) in [7, 11) is 0. The van der Waals surface area contributed by atoms with Gasteiger partial charge in [-0.2, -0.15) is 0 Å². The van der Waals surface area contributed by atoms with Gasteiger partial charge in [0.1, 0.15) is 5.82 Å². The second-order valence-corrected chi connectivity index (χ2v) is 4.08. The molecule has 0 aromatic carbocycles. The third-order valence-electron chi connectivity index (χ3n) is 2.88. The molecule has 0 aliphatic carbocycles. The van der Waals surface area contributed by atoms with Gasteiger partial charge in [0.25, 0.3) is 0 Å². The predicted molar refractivity (Wildman–Crippen MR) is 74.7 cm³/mol. The quantitative estimate of drug-likeness (QED) is 0.804. The Morgan fingerprint density at radius 3 is 2.50 bits per heavy atom. The molecule has 1 atom stereocenters. The lowest BCUT2D eigenvalue weighted by molar-refractivity contribution is -0.117. The van der Waals surface area contributed by atoms with Crippen LogP contribution in [0.2, 0.25) is 0 Å². The maximum absolute atomic E-state index is 11.6. The molecule has 0 aliphatic rings. The number of anilines is 2. The molecule has 1 rings (SSSR count). The van der Waals surface area contributed by atoms with Crippen molar-refractivity contribution in [1.29, 1.82) is 0 Å². The average Bonchev–Trinajstić information content (AvgIpc) is 2.41. The van der Waals surface area contributed by atoms with Crippen molar-refractivity contribution in [3.05, 3.63) is 18.3 Å². The number of carbonyl (C=O) groups excluding carboxylic acids is 1. The summed E-state index contributed by atoms with van der Waals surface area (Å²) >= 11 is 0. The van der Waals surface area contributed by atoms with Crippen LogP contribution in [0.15, 0.2) is 18.3 Å². The van der Waals surface area contributed by atoms with Crippen molar-refractivity contribution in [2.24, 2.45) is 5.73 Å². The van der Waals surface area contributed by atoms with Crippen LogP contribution in [-0.2, 0) is 4.79 Å². The number of hydrogen-bond donors (Lipinski definition) is 2. The van der Waals surface area contributed by atoms with Crippen LogP contribution in [0, 0.1) is 0 Å². The van der Waals surface area contributed by atoms with Gasteiger partial charge in [0.2, 0.25) is 5.91 Å². The van der Waals surface area contributed by atoms with Crippen molar-refractivity contribution >= 4 is 17.4 Å². The lowest BCUT2D eigenvalue weighted by Gasteiger charge is -2.19. The number of hydrogen-bond acceptors (Lipinski definition) is 4. The van der Waals surface area contributed by atoms with Crippen LogP contribution in [0.5, 0.6) is 0 Å². The molecule has 18 heavy (non-hydrogen) atoms. The molecule has 3 N–H and O–H groups in total. The van der Waals surface area contributed by atoms with Crippen molar-refractivity contribution in [2.45, 2.75) is 33.2 Å². The summed E-state index contributed by atoms with van der Waals surface area (Å²) < 4.78 is 0. The van der Waals surface area contributed by atoms with E-state index >= 15 is 0 Å². The van der Waals surface area contributed by atoms with E-state index in [1.165, 1.54) is 0 Å². The molecule has 0 spiro atoms. The van der Waals surface area contributed by atoms with Crippen LogP contribution < -0.4 is 16.0 Å². The highest BCUT2D eigenvalue weighted by molar-refractivity contribution is 5.94. The smallest absolute Gasteiger partial charge is 0.241 e. The monoisotopic (exact) mass is 250 g/mol. The van der Waals surface area contributed by atoms with Crippen molar-refractivity contribution in [1.82, 2.24) is 4.98 Å². The molecule has 5 heteroatoms.